The van der Waals surface area contributed by atoms with Crippen molar-refractivity contribution in [2.45, 2.75) is 26.7 Å². The third-order valence-electron chi connectivity index (χ3n) is 2.76. The number of nitrogens with zero attached hydrogens (tertiary/aromatic N) is 1. The van der Waals surface area contributed by atoms with Crippen LogP contribution in [0.2, 0.25) is 0 Å². The Bertz CT molecular complexity index is 350. The smallest absolute Gasteiger partial charge is 0.226 e. The van der Waals surface area contributed by atoms with Gasteiger partial charge in [0.05, 0.1) is 0 Å². The predicted molar refractivity (Wildman–Crippen MR) is 67.1 cm³/mol. The minimum atomic E-state index is 0.208. The van der Waals surface area contributed by atoms with Gasteiger partial charge >= 0.3 is 0 Å². The number of rotatable bonds is 1. The summed E-state index contributed by atoms with van der Waals surface area (Å²) < 4.78 is 0. The molecular weight excluding hydrogens is 198 g/mol. The second kappa shape index (κ2) is 6.11. The highest BCUT2D eigenvalue weighted by atomic mass is 16.2. The van der Waals surface area contributed by atoms with Crippen LogP contribution in [0.15, 0.2) is 37.0 Å². The predicted octanol–water partition coefficient (Wildman–Crippen LogP) is 3.06. The van der Waals surface area contributed by atoms with E-state index in [9.17, 15) is 4.79 Å². The summed E-state index contributed by atoms with van der Waals surface area (Å²) in [6.07, 6.45) is 3.28. The van der Waals surface area contributed by atoms with Gasteiger partial charge in [-0.25, -0.2) is 0 Å². The summed E-state index contributed by atoms with van der Waals surface area (Å²) >= 11 is 0. The van der Waals surface area contributed by atoms with Gasteiger partial charge in [-0.05, 0) is 37.6 Å². The molecule has 0 radical (unpaired) electrons. The maximum absolute atomic E-state index is 10.7. The lowest BCUT2D eigenvalue weighted by atomic mass is 10.1. The van der Waals surface area contributed by atoms with Gasteiger partial charge in [0, 0.05) is 13.0 Å². The molecule has 1 saturated heterocycles. The Morgan fingerprint density at radius 2 is 1.81 bits per heavy atom. The molecule has 1 aromatic carbocycles. The minimum Gasteiger partial charge on any atom is -0.320 e. The lowest BCUT2D eigenvalue weighted by Gasteiger charge is -2.05. The lowest BCUT2D eigenvalue weighted by Crippen LogP contribution is -2.16. The summed E-state index contributed by atoms with van der Waals surface area (Å²) in [6.45, 7) is 8.60. The number of aryl methyl sites for hydroxylation is 2. The molecular formula is C14H19NO. The number of carbonyl (C=O) groups is 1. The zero-order valence-corrected chi connectivity index (χ0v) is 10.1. The van der Waals surface area contributed by atoms with Crippen LogP contribution < -0.4 is 0 Å². The standard InChI is InChI=1S/C8H10.C6H9NO/c1-7-5-3-4-6-8(7)2;1-2-7-5-3-4-6(7)8/h3-6H,1-2H3;2H,1,3-5H2. The van der Waals surface area contributed by atoms with Crippen molar-refractivity contribution >= 4 is 5.91 Å². The maximum atomic E-state index is 10.7. The summed E-state index contributed by atoms with van der Waals surface area (Å²) in [5.74, 6) is 0.208. The van der Waals surface area contributed by atoms with E-state index in [1.54, 1.807) is 11.1 Å². The van der Waals surface area contributed by atoms with Crippen molar-refractivity contribution in [3.8, 4) is 0 Å². The quantitative estimate of drug-likeness (QED) is 0.708. The van der Waals surface area contributed by atoms with E-state index < -0.39 is 0 Å². The molecule has 16 heavy (non-hydrogen) atoms. The molecule has 2 rings (SSSR count). The van der Waals surface area contributed by atoms with E-state index >= 15 is 0 Å². The topological polar surface area (TPSA) is 20.3 Å². The van der Waals surface area contributed by atoms with E-state index in [1.165, 1.54) is 11.1 Å². The Labute approximate surface area is 97.6 Å². The number of hydrogen-bond donors (Lipinski definition) is 0. The van der Waals surface area contributed by atoms with Gasteiger partial charge in [-0.1, -0.05) is 30.8 Å². The van der Waals surface area contributed by atoms with Crippen molar-refractivity contribution in [2.24, 2.45) is 0 Å². The number of carbonyl (C=O) groups excluding carboxylic acids is 1. The molecule has 1 amide bonds. The number of benzene rings is 1. The lowest BCUT2D eigenvalue weighted by molar-refractivity contribution is -0.125. The fourth-order valence-electron chi connectivity index (χ4n) is 1.52. The molecule has 2 heteroatoms. The van der Waals surface area contributed by atoms with E-state index in [0.29, 0.717) is 6.42 Å². The Morgan fingerprint density at radius 1 is 1.25 bits per heavy atom. The summed E-state index contributed by atoms with van der Waals surface area (Å²) in [4.78, 5) is 12.3. The van der Waals surface area contributed by atoms with Gasteiger partial charge in [-0.3, -0.25) is 4.79 Å². The van der Waals surface area contributed by atoms with Gasteiger partial charge in [0.1, 0.15) is 0 Å². The highest BCUT2D eigenvalue weighted by Crippen LogP contribution is 2.08. The van der Waals surface area contributed by atoms with E-state index in [2.05, 4.69) is 44.7 Å². The van der Waals surface area contributed by atoms with Gasteiger partial charge in [0.15, 0.2) is 0 Å². The zero-order valence-electron chi connectivity index (χ0n) is 10.1. The van der Waals surface area contributed by atoms with Gasteiger partial charge in [-0.15, -0.1) is 0 Å². The fourth-order valence-corrected chi connectivity index (χ4v) is 1.52. The second-order valence-corrected chi connectivity index (χ2v) is 3.96. The first-order valence-electron chi connectivity index (χ1n) is 5.59. The monoisotopic (exact) mass is 217 g/mol. The van der Waals surface area contributed by atoms with E-state index in [-0.39, 0.29) is 5.91 Å². The highest BCUT2D eigenvalue weighted by Gasteiger charge is 2.15. The third-order valence-corrected chi connectivity index (χ3v) is 2.76. The summed E-state index contributed by atoms with van der Waals surface area (Å²) in [6, 6.07) is 8.36. The Hall–Kier alpha value is -1.57. The van der Waals surface area contributed by atoms with Crippen LogP contribution in [0.3, 0.4) is 0 Å². The SMILES string of the molecule is C=CN1CCCC1=O.Cc1ccccc1C. The summed E-state index contributed by atoms with van der Waals surface area (Å²) in [7, 11) is 0. The van der Waals surface area contributed by atoms with Crippen molar-refractivity contribution in [3.63, 3.8) is 0 Å². The number of likely N-dealkylation sites (tertiary alicyclic amines) is 1. The van der Waals surface area contributed by atoms with Crippen LogP contribution >= 0.6 is 0 Å². The maximum Gasteiger partial charge on any atom is 0.226 e. The molecule has 1 aromatic rings. The van der Waals surface area contributed by atoms with Gasteiger partial charge in [-0.2, -0.15) is 0 Å². The zero-order chi connectivity index (χ0) is 12.0. The Balaban J connectivity index is 0.000000160. The van der Waals surface area contributed by atoms with Gasteiger partial charge < -0.3 is 4.90 Å². The molecule has 0 atom stereocenters. The summed E-state index contributed by atoms with van der Waals surface area (Å²) in [5, 5.41) is 0. The van der Waals surface area contributed by atoms with Crippen LogP contribution in [0, 0.1) is 13.8 Å². The van der Waals surface area contributed by atoms with Crippen molar-refractivity contribution in [2.75, 3.05) is 6.54 Å². The van der Waals surface area contributed by atoms with Crippen LogP contribution in [-0.4, -0.2) is 17.4 Å². The highest BCUT2D eigenvalue weighted by molar-refractivity contribution is 5.78. The Morgan fingerprint density at radius 3 is 2.06 bits per heavy atom. The van der Waals surface area contributed by atoms with Crippen LogP contribution in [0.4, 0.5) is 0 Å². The molecule has 86 valence electrons. The first-order chi connectivity index (χ1) is 7.65. The van der Waals surface area contributed by atoms with Crippen molar-refractivity contribution in [1.29, 1.82) is 0 Å². The second-order valence-electron chi connectivity index (χ2n) is 3.96. The van der Waals surface area contributed by atoms with Crippen LogP contribution in [0.25, 0.3) is 0 Å². The normalized spacial score (nSPS) is 14.4. The molecule has 1 aliphatic heterocycles. The van der Waals surface area contributed by atoms with Gasteiger partial charge in [0.2, 0.25) is 5.91 Å². The molecule has 2 nitrogen and oxygen atoms in total. The average Bonchev–Trinajstić information content (AvgIpc) is 2.69. The van der Waals surface area contributed by atoms with Crippen molar-refractivity contribution in [3.05, 3.63) is 48.2 Å². The molecule has 0 bridgehead atoms. The molecule has 1 fully saturated rings. The van der Waals surface area contributed by atoms with Gasteiger partial charge in [0.25, 0.3) is 0 Å². The molecule has 1 heterocycles. The molecule has 1 aliphatic rings. The minimum absolute atomic E-state index is 0.208. The van der Waals surface area contributed by atoms with E-state index in [4.69, 9.17) is 0 Å². The van der Waals surface area contributed by atoms with Crippen molar-refractivity contribution in [1.82, 2.24) is 4.90 Å². The molecule has 0 unspecified atom stereocenters. The fraction of sp³-hybridized carbons (Fsp3) is 0.357. The number of amides is 1. The van der Waals surface area contributed by atoms with E-state index in [1.807, 2.05) is 0 Å². The van der Waals surface area contributed by atoms with Crippen LogP contribution in [0.1, 0.15) is 24.0 Å². The van der Waals surface area contributed by atoms with Crippen LogP contribution in [-0.2, 0) is 4.79 Å². The third kappa shape index (κ3) is 3.54. The molecule has 0 aliphatic carbocycles. The largest absolute Gasteiger partial charge is 0.320 e. The Kier molecular flexibility index (Phi) is 4.77. The molecule has 0 N–H and O–H groups in total. The first kappa shape index (κ1) is 12.5. The molecule has 0 spiro atoms. The van der Waals surface area contributed by atoms with Crippen molar-refractivity contribution < 1.29 is 4.79 Å². The van der Waals surface area contributed by atoms with E-state index in [0.717, 1.165) is 13.0 Å². The number of hydrogen-bond acceptors (Lipinski definition) is 1. The van der Waals surface area contributed by atoms with Crippen LogP contribution in [0.5, 0.6) is 0 Å². The molecule has 0 saturated carbocycles. The summed E-state index contributed by atoms with van der Waals surface area (Å²) in [5.41, 5.74) is 2.74. The first-order valence-corrected chi connectivity index (χ1v) is 5.59. The average molecular weight is 217 g/mol. The molecule has 0 aromatic heterocycles.